The number of sulfonamides is 1. The lowest BCUT2D eigenvalue weighted by Gasteiger charge is -2.38. The van der Waals surface area contributed by atoms with Gasteiger partial charge in [-0.25, -0.2) is 8.42 Å². The van der Waals surface area contributed by atoms with Gasteiger partial charge in [0, 0.05) is 47.7 Å². The number of aromatic nitrogens is 1. The molecule has 0 amide bonds. The van der Waals surface area contributed by atoms with Gasteiger partial charge in [0.25, 0.3) is 0 Å². The standard InChI is InChI=1S/C26H25N3O4S/c1-33-20-5-2-6-21(15-20)34(31,32)29-13-11-22-25(17-30)28-24-10-9-18(14-23(24)26(22)29)7-8-19-4-3-12-27-16-19/h2-6,9-10,12,14-16,22,25-26,28,30H,11,13,17H2,1H3/t22-,25-,26-/m0/s1. The van der Waals surface area contributed by atoms with Gasteiger partial charge in [0.15, 0.2) is 0 Å². The lowest BCUT2D eigenvalue weighted by molar-refractivity contribution is 0.210. The van der Waals surface area contributed by atoms with Crippen molar-refractivity contribution in [3.05, 3.63) is 83.7 Å². The summed E-state index contributed by atoms with van der Waals surface area (Å²) in [5.41, 5.74) is 3.28. The fourth-order valence-corrected chi connectivity index (χ4v) is 6.55. The molecule has 0 saturated carbocycles. The molecule has 174 valence electrons. The summed E-state index contributed by atoms with van der Waals surface area (Å²) < 4.78 is 34.2. The van der Waals surface area contributed by atoms with Gasteiger partial charge in [-0.3, -0.25) is 4.98 Å². The summed E-state index contributed by atoms with van der Waals surface area (Å²) >= 11 is 0. The first-order chi connectivity index (χ1) is 16.5. The van der Waals surface area contributed by atoms with Gasteiger partial charge in [-0.15, -0.1) is 0 Å². The minimum absolute atomic E-state index is 0.0561. The Hall–Kier alpha value is -3.38. The zero-order chi connectivity index (χ0) is 23.7. The summed E-state index contributed by atoms with van der Waals surface area (Å²) in [7, 11) is -2.27. The van der Waals surface area contributed by atoms with Crippen LogP contribution in [0.1, 0.15) is 29.2 Å². The quantitative estimate of drug-likeness (QED) is 0.564. The van der Waals surface area contributed by atoms with Gasteiger partial charge in [0.2, 0.25) is 10.0 Å². The molecule has 1 aromatic heterocycles. The molecule has 0 unspecified atom stereocenters. The largest absolute Gasteiger partial charge is 0.497 e. The van der Waals surface area contributed by atoms with Crippen molar-refractivity contribution in [2.45, 2.75) is 23.4 Å². The van der Waals surface area contributed by atoms with Crippen LogP contribution in [0.25, 0.3) is 0 Å². The molecule has 0 aliphatic carbocycles. The summed E-state index contributed by atoms with van der Waals surface area (Å²) in [6.45, 7) is 0.300. The molecule has 2 N–H and O–H groups in total. The van der Waals surface area contributed by atoms with Crippen LogP contribution in [0.2, 0.25) is 0 Å². The summed E-state index contributed by atoms with van der Waals surface area (Å²) in [5.74, 6) is 6.71. The molecule has 2 aliphatic rings. The smallest absolute Gasteiger partial charge is 0.243 e. The molecule has 0 bridgehead atoms. The van der Waals surface area contributed by atoms with E-state index in [9.17, 15) is 13.5 Å². The Bertz CT molecular complexity index is 1370. The first-order valence-corrected chi connectivity index (χ1v) is 12.5. The van der Waals surface area contributed by atoms with E-state index in [2.05, 4.69) is 22.1 Å². The zero-order valence-electron chi connectivity index (χ0n) is 18.7. The Balaban J connectivity index is 1.56. The van der Waals surface area contributed by atoms with Crippen LogP contribution in [-0.4, -0.2) is 49.1 Å². The molecule has 3 heterocycles. The van der Waals surface area contributed by atoms with Gasteiger partial charge in [0.05, 0.1) is 30.7 Å². The number of rotatable bonds is 4. The van der Waals surface area contributed by atoms with E-state index < -0.39 is 16.1 Å². The molecule has 34 heavy (non-hydrogen) atoms. The average molecular weight is 476 g/mol. The highest BCUT2D eigenvalue weighted by atomic mass is 32.2. The van der Waals surface area contributed by atoms with Gasteiger partial charge < -0.3 is 15.2 Å². The maximum atomic E-state index is 13.7. The molecule has 0 spiro atoms. The fourth-order valence-electron chi connectivity index (χ4n) is 4.85. The highest BCUT2D eigenvalue weighted by molar-refractivity contribution is 7.89. The van der Waals surface area contributed by atoms with E-state index in [1.54, 1.807) is 41.0 Å². The molecule has 7 nitrogen and oxygen atoms in total. The van der Waals surface area contributed by atoms with E-state index >= 15 is 0 Å². The SMILES string of the molecule is COc1cccc(S(=O)(=O)N2CC[C@H]3[C@H](CO)Nc4ccc(C#Cc5cccnc5)cc4[C@H]32)c1. The molecular formula is C26H25N3O4S. The number of nitrogens with zero attached hydrogens (tertiary/aromatic N) is 2. The molecule has 5 rings (SSSR count). The third-order valence-corrected chi connectivity index (χ3v) is 8.36. The third kappa shape index (κ3) is 4.03. The number of ether oxygens (including phenoxy) is 1. The lowest BCUT2D eigenvalue weighted by Crippen LogP contribution is -2.42. The number of methoxy groups -OCH3 is 1. The number of pyridine rings is 1. The summed E-state index contributed by atoms with van der Waals surface area (Å²) in [5, 5.41) is 13.4. The summed E-state index contributed by atoms with van der Waals surface area (Å²) in [4.78, 5) is 4.28. The average Bonchev–Trinajstić information content (AvgIpc) is 3.34. The predicted octanol–water partition coefficient (Wildman–Crippen LogP) is 3.03. The van der Waals surface area contributed by atoms with Crippen LogP contribution >= 0.6 is 0 Å². The van der Waals surface area contributed by atoms with Gasteiger partial charge in [0.1, 0.15) is 5.75 Å². The van der Waals surface area contributed by atoms with E-state index in [1.807, 2.05) is 30.3 Å². The van der Waals surface area contributed by atoms with Crippen LogP contribution in [0.3, 0.4) is 0 Å². The van der Waals surface area contributed by atoms with Gasteiger partial charge >= 0.3 is 0 Å². The number of hydrogen-bond acceptors (Lipinski definition) is 6. The first kappa shape index (κ1) is 22.4. The van der Waals surface area contributed by atoms with Crippen molar-refractivity contribution >= 4 is 15.7 Å². The first-order valence-electron chi connectivity index (χ1n) is 11.1. The van der Waals surface area contributed by atoms with Crippen molar-refractivity contribution in [3.8, 4) is 17.6 Å². The van der Waals surface area contributed by atoms with Crippen LogP contribution in [-0.2, 0) is 10.0 Å². The van der Waals surface area contributed by atoms with E-state index in [-0.39, 0.29) is 23.5 Å². The molecule has 1 fully saturated rings. The monoisotopic (exact) mass is 475 g/mol. The Kier molecular flexibility index (Phi) is 6.00. The highest BCUT2D eigenvalue weighted by Gasteiger charge is 2.48. The van der Waals surface area contributed by atoms with E-state index in [0.717, 1.165) is 22.4 Å². The van der Waals surface area contributed by atoms with E-state index in [1.165, 1.54) is 7.11 Å². The molecule has 2 aliphatic heterocycles. The van der Waals surface area contributed by atoms with Crippen molar-refractivity contribution in [1.82, 2.24) is 9.29 Å². The van der Waals surface area contributed by atoms with Crippen LogP contribution in [0.5, 0.6) is 5.75 Å². The second-order valence-corrected chi connectivity index (χ2v) is 10.3. The van der Waals surface area contributed by atoms with Crippen molar-refractivity contribution in [1.29, 1.82) is 0 Å². The number of aliphatic hydroxyl groups is 1. The normalized spacial score (nSPS) is 21.5. The van der Waals surface area contributed by atoms with Gasteiger partial charge in [-0.2, -0.15) is 4.31 Å². The third-order valence-electron chi connectivity index (χ3n) is 6.48. The van der Waals surface area contributed by atoms with Crippen LogP contribution in [0.15, 0.2) is 71.9 Å². The summed E-state index contributed by atoms with van der Waals surface area (Å²) in [6, 6.07) is 15.4. The molecular weight excluding hydrogens is 450 g/mol. The Morgan fingerprint density at radius 1 is 1.15 bits per heavy atom. The van der Waals surface area contributed by atoms with E-state index in [4.69, 9.17) is 4.74 Å². The Morgan fingerprint density at radius 3 is 2.76 bits per heavy atom. The number of anilines is 1. The second-order valence-electron chi connectivity index (χ2n) is 8.42. The maximum Gasteiger partial charge on any atom is 0.243 e. The molecule has 0 radical (unpaired) electrons. The topological polar surface area (TPSA) is 91.8 Å². The number of nitrogens with one attached hydrogen (secondary N) is 1. The summed E-state index contributed by atoms with van der Waals surface area (Å²) in [6.07, 6.45) is 4.05. The Morgan fingerprint density at radius 2 is 2.00 bits per heavy atom. The number of hydrogen-bond donors (Lipinski definition) is 2. The number of fused-ring (bicyclic) bond motifs is 3. The maximum absolute atomic E-state index is 13.7. The zero-order valence-corrected chi connectivity index (χ0v) is 19.5. The predicted molar refractivity (Wildman–Crippen MR) is 129 cm³/mol. The second kappa shape index (κ2) is 9.11. The Labute approximate surface area is 199 Å². The number of aliphatic hydroxyl groups excluding tert-OH is 1. The van der Waals surface area contributed by atoms with Crippen LogP contribution in [0, 0.1) is 17.8 Å². The minimum Gasteiger partial charge on any atom is -0.497 e. The fraction of sp³-hybridized carbons (Fsp3) is 0.269. The van der Waals surface area contributed by atoms with E-state index in [0.29, 0.717) is 18.7 Å². The molecule has 1 saturated heterocycles. The lowest BCUT2D eigenvalue weighted by atomic mass is 9.83. The molecule has 8 heteroatoms. The van der Waals surface area contributed by atoms with Gasteiger partial charge in [-0.05, 0) is 54.4 Å². The van der Waals surface area contributed by atoms with Crippen LogP contribution < -0.4 is 10.1 Å². The van der Waals surface area contributed by atoms with Crippen molar-refractivity contribution in [2.24, 2.45) is 5.92 Å². The molecule has 3 aromatic rings. The van der Waals surface area contributed by atoms with Gasteiger partial charge in [-0.1, -0.05) is 17.9 Å². The number of benzene rings is 2. The minimum atomic E-state index is -3.78. The molecule has 2 aromatic carbocycles. The van der Waals surface area contributed by atoms with Crippen molar-refractivity contribution < 1.29 is 18.3 Å². The van der Waals surface area contributed by atoms with Crippen LogP contribution in [0.4, 0.5) is 5.69 Å². The van der Waals surface area contributed by atoms with Crippen molar-refractivity contribution in [3.63, 3.8) is 0 Å². The van der Waals surface area contributed by atoms with Crippen molar-refractivity contribution in [2.75, 3.05) is 25.6 Å². The molecule has 3 atom stereocenters. The highest BCUT2D eigenvalue weighted by Crippen LogP contribution is 2.48.